The summed E-state index contributed by atoms with van der Waals surface area (Å²) in [5, 5.41) is 23.6. The Morgan fingerprint density at radius 1 is 0.562 bits per heavy atom. The fourth-order valence-electron chi connectivity index (χ4n) is 9.20. The number of carbonyl (C=O) groups is 6. The van der Waals surface area contributed by atoms with Crippen molar-refractivity contribution in [2.45, 2.75) is 51.4 Å². The smallest absolute Gasteiger partial charge is 0.354 e. The molecular weight excluding hydrogens is 925 g/mol. The number of pyridine rings is 2. The number of morpholine rings is 1. The van der Waals surface area contributed by atoms with Crippen LogP contribution < -0.4 is 10.6 Å². The molecule has 16 nitrogen and oxygen atoms in total. The molecule has 73 heavy (non-hydrogen) atoms. The lowest BCUT2D eigenvalue weighted by atomic mass is 9.88. The molecule has 3 aliphatic rings. The number of likely N-dealkylation sites (tertiary alicyclic amines) is 2. The minimum Gasteiger partial charge on any atom is -0.477 e. The fraction of sp³-hybridized carbons (Fsp3) is 0.281. The van der Waals surface area contributed by atoms with E-state index in [1.165, 1.54) is 29.5 Å². The number of rotatable bonds is 10. The van der Waals surface area contributed by atoms with Crippen molar-refractivity contribution >= 4 is 46.9 Å². The number of amides is 5. The normalized spacial score (nSPS) is 15.0. The summed E-state index contributed by atoms with van der Waals surface area (Å²) in [6, 6.07) is 34.3. The molecular formula is C57H56N8O8. The molecule has 16 heteroatoms. The van der Waals surface area contributed by atoms with E-state index < -0.39 is 11.9 Å². The molecule has 3 saturated heterocycles. The number of nitriles is 1. The van der Waals surface area contributed by atoms with Gasteiger partial charge >= 0.3 is 5.97 Å². The minimum atomic E-state index is -1.17. The summed E-state index contributed by atoms with van der Waals surface area (Å²) < 4.78 is 5.34. The van der Waals surface area contributed by atoms with E-state index in [2.05, 4.69) is 26.7 Å². The average molecular weight is 981 g/mol. The van der Waals surface area contributed by atoms with Crippen molar-refractivity contribution in [1.29, 1.82) is 5.26 Å². The van der Waals surface area contributed by atoms with Crippen LogP contribution in [0.5, 0.6) is 0 Å². The number of nitrogens with zero attached hydrogens (tertiary/aromatic N) is 6. The number of hydrogen-bond acceptors (Lipinski definition) is 10. The number of carbonyl (C=O) groups excluding carboxylic acids is 5. The highest BCUT2D eigenvalue weighted by molar-refractivity contribution is 6.06. The van der Waals surface area contributed by atoms with Crippen LogP contribution in [0.2, 0.25) is 0 Å². The Hall–Kier alpha value is -8.55. The Balaban J connectivity index is 0.000000196. The third-order valence-electron chi connectivity index (χ3n) is 13.7. The number of aromatic nitrogens is 2. The van der Waals surface area contributed by atoms with E-state index in [-0.39, 0.29) is 34.9 Å². The van der Waals surface area contributed by atoms with Gasteiger partial charge in [0.15, 0.2) is 0 Å². The van der Waals surface area contributed by atoms with Crippen molar-refractivity contribution in [3.8, 4) is 6.07 Å². The van der Waals surface area contributed by atoms with Gasteiger partial charge in [-0.15, -0.1) is 0 Å². The SMILES string of the molecule is Cc1ccc(C(=O)N2CCC(c3ccc(C#N)cc3)CC2)cc1NC(=O)c1ccc(C(=O)O)nc1.Cc1ccc(C(=O)N2CCC(c3ccc(C(=O)N4CCOCC4)cc3)CC2)cc1NC(=O)c1ccncc1. The number of aryl methyl sites for hydroxylation is 2. The van der Waals surface area contributed by atoms with Gasteiger partial charge in [0.25, 0.3) is 29.5 Å². The largest absolute Gasteiger partial charge is 0.477 e. The molecule has 3 N–H and O–H groups in total. The van der Waals surface area contributed by atoms with Gasteiger partial charge in [-0.05, 0) is 146 Å². The lowest BCUT2D eigenvalue weighted by Gasteiger charge is -2.32. The monoisotopic (exact) mass is 980 g/mol. The van der Waals surface area contributed by atoms with Crippen molar-refractivity contribution in [1.82, 2.24) is 24.7 Å². The first-order chi connectivity index (χ1) is 35.3. The molecule has 0 aliphatic carbocycles. The van der Waals surface area contributed by atoms with E-state index in [0.29, 0.717) is 104 Å². The Morgan fingerprint density at radius 2 is 1.00 bits per heavy atom. The summed E-state index contributed by atoms with van der Waals surface area (Å²) in [6.45, 7) is 8.74. The number of hydrogen-bond donors (Lipinski definition) is 3. The summed E-state index contributed by atoms with van der Waals surface area (Å²) in [4.78, 5) is 88.6. The average Bonchev–Trinajstić information content (AvgIpc) is 3.44. The molecule has 2 aromatic heterocycles. The highest BCUT2D eigenvalue weighted by atomic mass is 16.5. The number of carboxylic acids is 1. The Kier molecular flexibility index (Phi) is 16.4. The molecule has 0 unspecified atom stereocenters. The molecule has 6 aromatic rings. The van der Waals surface area contributed by atoms with Gasteiger partial charge in [-0.25, -0.2) is 9.78 Å². The number of benzene rings is 4. The second-order valence-electron chi connectivity index (χ2n) is 18.3. The van der Waals surface area contributed by atoms with E-state index >= 15 is 0 Å². The first-order valence-electron chi connectivity index (χ1n) is 24.3. The maximum absolute atomic E-state index is 13.3. The Morgan fingerprint density at radius 3 is 1.47 bits per heavy atom. The number of aromatic carboxylic acids is 1. The Labute approximate surface area is 423 Å². The molecule has 5 heterocycles. The zero-order valence-corrected chi connectivity index (χ0v) is 40.8. The quantitative estimate of drug-likeness (QED) is 0.119. The van der Waals surface area contributed by atoms with Gasteiger partial charge in [0.1, 0.15) is 5.69 Å². The number of ether oxygens (including phenoxy) is 1. The number of nitrogens with one attached hydrogen (secondary N) is 2. The molecule has 0 bridgehead atoms. The van der Waals surface area contributed by atoms with Crippen LogP contribution in [0.1, 0.15) is 128 Å². The van der Waals surface area contributed by atoms with Gasteiger partial charge in [0, 0.05) is 91.5 Å². The van der Waals surface area contributed by atoms with Gasteiger partial charge in [0.2, 0.25) is 0 Å². The molecule has 372 valence electrons. The van der Waals surface area contributed by atoms with Crippen molar-refractivity contribution < 1.29 is 38.6 Å². The maximum atomic E-state index is 13.3. The van der Waals surface area contributed by atoms with Gasteiger partial charge in [0.05, 0.1) is 30.4 Å². The van der Waals surface area contributed by atoms with Crippen LogP contribution in [-0.2, 0) is 4.74 Å². The van der Waals surface area contributed by atoms with E-state index in [4.69, 9.17) is 15.1 Å². The zero-order valence-electron chi connectivity index (χ0n) is 40.8. The van der Waals surface area contributed by atoms with E-state index in [1.807, 2.05) is 89.2 Å². The molecule has 5 amide bonds. The standard InChI is InChI=1S/C30H32N4O4.C27H24N4O4/c1-21-2-3-26(20-27(21)32-28(35)24-8-12-31-13-9-24)30(37)33-14-10-23(11-15-33)22-4-6-25(7-5-22)29(36)34-16-18-38-19-17-34;1-17-2-5-21(14-24(17)30-25(32)22-8-9-23(27(34)35)29-16-22)26(33)31-12-10-20(11-13-31)19-6-3-18(15-28)4-7-19/h2-9,12-13,20,23H,10-11,14-19H2,1H3,(H,32,35);2-9,14,16,20H,10-13H2,1H3,(H,30,32)(H,34,35). The highest BCUT2D eigenvalue weighted by Gasteiger charge is 2.28. The third-order valence-corrected chi connectivity index (χ3v) is 13.7. The van der Waals surface area contributed by atoms with Gasteiger partial charge < -0.3 is 35.2 Å². The first-order valence-corrected chi connectivity index (χ1v) is 24.3. The topological polar surface area (TPSA) is 215 Å². The highest BCUT2D eigenvalue weighted by Crippen LogP contribution is 2.31. The molecule has 0 atom stereocenters. The second kappa shape index (κ2) is 23.6. The molecule has 9 rings (SSSR count). The molecule has 4 aromatic carbocycles. The maximum Gasteiger partial charge on any atom is 0.354 e. The van der Waals surface area contributed by atoms with Crippen LogP contribution in [0, 0.1) is 25.2 Å². The summed E-state index contributed by atoms with van der Waals surface area (Å²) >= 11 is 0. The first kappa shape index (κ1) is 50.8. The lowest BCUT2D eigenvalue weighted by molar-refractivity contribution is 0.0302. The van der Waals surface area contributed by atoms with Crippen molar-refractivity contribution in [3.63, 3.8) is 0 Å². The van der Waals surface area contributed by atoms with Gasteiger partial charge in [-0.3, -0.25) is 29.0 Å². The van der Waals surface area contributed by atoms with Crippen LogP contribution >= 0.6 is 0 Å². The van der Waals surface area contributed by atoms with Crippen LogP contribution in [0.25, 0.3) is 0 Å². The van der Waals surface area contributed by atoms with Crippen molar-refractivity contribution in [2.24, 2.45) is 0 Å². The molecule has 3 aliphatic heterocycles. The minimum absolute atomic E-state index is 0.0330. The third kappa shape index (κ3) is 12.7. The number of piperidine rings is 2. The Bertz CT molecular complexity index is 3010. The van der Waals surface area contributed by atoms with E-state index in [9.17, 15) is 28.8 Å². The summed E-state index contributed by atoms with van der Waals surface area (Å²) in [7, 11) is 0. The predicted octanol–water partition coefficient (Wildman–Crippen LogP) is 8.37. The lowest BCUT2D eigenvalue weighted by Crippen LogP contribution is -2.40. The fourth-order valence-corrected chi connectivity index (χ4v) is 9.20. The molecule has 3 fully saturated rings. The van der Waals surface area contributed by atoms with E-state index in [1.54, 1.807) is 48.8 Å². The van der Waals surface area contributed by atoms with Gasteiger partial charge in [-0.2, -0.15) is 5.26 Å². The van der Waals surface area contributed by atoms with Crippen LogP contribution in [0.15, 0.2) is 128 Å². The molecule has 0 radical (unpaired) electrons. The van der Waals surface area contributed by atoms with Crippen LogP contribution in [0.4, 0.5) is 11.4 Å². The zero-order chi connectivity index (χ0) is 51.4. The van der Waals surface area contributed by atoms with Crippen molar-refractivity contribution in [2.75, 3.05) is 63.1 Å². The van der Waals surface area contributed by atoms with Gasteiger partial charge in [-0.1, -0.05) is 36.4 Å². The molecule has 0 spiro atoms. The summed E-state index contributed by atoms with van der Waals surface area (Å²) in [5.74, 6) is -1.22. The van der Waals surface area contributed by atoms with Crippen LogP contribution in [0.3, 0.4) is 0 Å². The van der Waals surface area contributed by atoms with Crippen LogP contribution in [-0.4, -0.2) is 118 Å². The molecule has 0 saturated carbocycles. The second-order valence-corrected chi connectivity index (χ2v) is 18.3. The number of carboxylic acid groups (broad SMARTS) is 1. The number of anilines is 2. The van der Waals surface area contributed by atoms with Crippen molar-refractivity contribution in [3.05, 3.63) is 189 Å². The van der Waals surface area contributed by atoms with E-state index in [0.717, 1.165) is 36.8 Å². The summed E-state index contributed by atoms with van der Waals surface area (Å²) in [5.41, 5.74) is 8.17. The predicted molar refractivity (Wildman–Crippen MR) is 274 cm³/mol. The summed E-state index contributed by atoms with van der Waals surface area (Å²) in [6.07, 6.45) is 7.76.